The number of carbonyl (C=O) groups excluding carboxylic acids is 2. The zero-order chi connectivity index (χ0) is 58.4. The molecule has 2 unspecified atom stereocenters. The fourth-order valence-electron chi connectivity index (χ4n) is 9.57. The molecule has 10 heteroatoms. The van der Waals surface area contributed by atoms with E-state index in [0.29, 0.717) is 17.4 Å². The maximum Gasteiger partial charge on any atom is 0.472 e. The molecular formula is C70H129NO8P+. The van der Waals surface area contributed by atoms with Crippen molar-refractivity contribution in [2.45, 2.75) is 315 Å². The fraction of sp³-hybridized carbons (Fsp3) is 0.800. The van der Waals surface area contributed by atoms with E-state index in [1.165, 1.54) is 199 Å². The summed E-state index contributed by atoms with van der Waals surface area (Å²) >= 11 is 0. The molecule has 0 saturated carbocycles. The van der Waals surface area contributed by atoms with Gasteiger partial charge in [0.15, 0.2) is 6.10 Å². The largest absolute Gasteiger partial charge is 0.472 e. The lowest BCUT2D eigenvalue weighted by atomic mass is 10.0. The van der Waals surface area contributed by atoms with Crippen molar-refractivity contribution in [2.24, 2.45) is 0 Å². The van der Waals surface area contributed by atoms with E-state index in [2.05, 4.69) is 86.8 Å². The van der Waals surface area contributed by atoms with Gasteiger partial charge in [-0.25, -0.2) is 4.57 Å². The Labute approximate surface area is 495 Å². The Morgan fingerprint density at radius 3 is 1.06 bits per heavy atom. The van der Waals surface area contributed by atoms with Crippen molar-refractivity contribution < 1.29 is 42.1 Å². The van der Waals surface area contributed by atoms with Gasteiger partial charge in [0.25, 0.3) is 0 Å². The Morgan fingerprint density at radius 1 is 0.400 bits per heavy atom. The van der Waals surface area contributed by atoms with Gasteiger partial charge in [0.1, 0.15) is 19.8 Å². The predicted octanol–water partition coefficient (Wildman–Crippen LogP) is 21.6. The Bertz CT molecular complexity index is 1580. The average Bonchev–Trinajstić information content (AvgIpc) is 3.42. The second-order valence-electron chi connectivity index (χ2n) is 23.8. The van der Waals surface area contributed by atoms with Crippen molar-refractivity contribution in [1.29, 1.82) is 0 Å². The van der Waals surface area contributed by atoms with Crippen molar-refractivity contribution in [3.63, 3.8) is 0 Å². The molecule has 0 fully saturated rings. The van der Waals surface area contributed by atoms with Crippen molar-refractivity contribution >= 4 is 19.8 Å². The molecule has 0 radical (unpaired) electrons. The summed E-state index contributed by atoms with van der Waals surface area (Å²) in [5.41, 5.74) is 0. The van der Waals surface area contributed by atoms with E-state index in [9.17, 15) is 19.0 Å². The highest BCUT2D eigenvalue weighted by molar-refractivity contribution is 7.47. The van der Waals surface area contributed by atoms with Gasteiger partial charge in [0.2, 0.25) is 0 Å². The van der Waals surface area contributed by atoms with E-state index >= 15 is 0 Å². The van der Waals surface area contributed by atoms with Crippen LogP contribution in [0.1, 0.15) is 309 Å². The normalized spacial score (nSPS) is 13.6. The van der Waals surface area contributed by atoms with Crippen LogP contribution in [0.5, 0.6) is 0 Å². The molecule has 0 aliphatic carbocycles. The number of ether oxygens (including phenoxy) is 2. The molecule has 0 rings (SSSR count). The van der Waals surface area contributed by atoms with Gasteiger partial charge in [-0.3, -0.25) is 18.6 Å². The second kappa shape index (κ2) is 61.0. The predicted molar refractivity (Wildman–Crippen MR) is 344 cm³/mol. The lowest BCUT2D eigenvalue weighted by Gasteiger charge is -2.24. The number of nitrogens with zero attached hydrogens (tertiary/aromatic N) is 1. The van der Waals surface area contributed by atoms with E-state index in [0.717, 1.165) is 77.0 Å². The first-order valence-electron chi connectivity index (χ1n) is 33.7. The lowest BCUT2D eigenvalue weighted by molar-refractivity contribution is -0.870. The minimum Gasteiger partial charge on any atom is -0.462 e. The smallest absolute Gasteiger partial charge is 0.462 e. The van der Waals surface area contributed by atoms with Gasteiger partial charge >= 0.3 is 19.8 Å². The number of allylic oxidation sites excluding steroid dienone is 12. The highest BCUT2D eigenvalue weighted by Gasteiger charge is 2.27. The summed E-state index contributed by atoms with van der Waals surface area (Å²) in [6.45, 7) is 4.33. The van der Waals surface area contributed by atoms with Crippen LogP contribution in [-0.4, -0.2) is 74.9 Å². The maximum atomic E-state index is 12.8. The molecule has 0 bridgehead atoms. The van der Waals surface area contributed by atoms with Crippen LogP contribution in [0.3, 0.4) is 0 Å². The van der Waals surface area contributed by atoms with E-state index in [4.69, 9.17) is 18.5 Å². The van der Waals surface area contributed by atoms with Gasteiger partial charge < -0.3 is 18.9 Å². The van der Waals surface area contributed by atoms with Gasteiger partial charge in [-0.05, 0) is 83.5 Å². The number of likely N-dealkylation sites (N-methyl/N-ethyl adjacent to an activating group) is 1. The monoisotopic (exact) mass is 1140 g/mol. The maximum absolute atomic E-state index is 12.8. The van der Waals surface area contributed by atoms with Crippen LogP contribution in [0.15, 0.2) is 72.9 Å². The number of esters is 2. The van der Waals surface area contributed by atoms with Gasteiger partial charge in [0.05, 0.1) is 27.7 Å². The molecule has 9 nitrogen and oxygen atoms in total. The highest BCUT2D eigenvalue weighted by atomic mass is 31.2. The SMILES string of the molecule is CC/C=C\C/C=C\C/C=C\CCCCCCCCCC(=O)OCC(COP(=O)(O)OCC[N+](C)(C)C)OC(=O)CCCCCCCCCCCCCCCCCCCCCCCCCC/C=C\C/C=C\C/C=C\CCCCCCC. The fourth-order valence-corrected chi connectivity index (χ4v) is 10.3. The number of hydrogen-bond acceptors (Lipinski definition) is 7. The first-order valence-corrected chi connectivity index (χ1v) is 35.2. The molecule has 1 N–H and O–H groups in total. The average molecular weight is 1140 g/mol. The second-order valence-corrected chi connectivity index (χ2v) is 25.3. The molecule has 0 aromatic heterocycles. The molecule has 0 heterocycles. The lowest BCUT2D eigenvalue weighted by Crippen LogP contribution is -2.37. The Kier molecular flexibility index (Phi) is 59.1. The van der Waals surface area contributed by atoms with Crippen LogP contribution in [0.2, 0.25) is 0 Å². The third-order valence-corrected chi connectivity index (χ3v) is 15.7. The van der Waals surface area contributed by atoms with Crippen molar-refractivity contribution in [1.82, 2.24) is 0 Å². The minimum atomic E-state index is -4.39. The van der Waals surface area contributed by atoms with E-state index in [1.807, 2.05) is 21.1 Å². The quantitative estimate of drug-likeness (QED) is 0.0211. The van der Waals surface area contributed by atoms with E-state index < -0.39 is 26.5 Å². The van der Waals surface area contributed by atoms with Crippen LogP contribution in [0, 0.1) is 0 Å². The summed E-state index contributed by atoms with van der Waals surface area (Å²) in [5, 5.41) is 0. The van der Waals surface area contributed by atoms with Crippen LogP contribution < -0.4 is 0 Å². The molecule has 0 amide bonds. The third-order valence-electron chi connectivity index (χ3n) is 14.7. The molecule has 80 heavy (non-hydrogen) atoms. The molecule has 466 valence electrons. The number of phosphoric acid groups is 1. The number of quaternary nitrogens is 1. The third kappa shape index (κ3) is 64.6. The summed E-state index contributed by atoms with van der Waals surface area (Å²) in [4.78, 5) is 35.7. The van der Waals surface area contributed by atoms with Gasteiger partial charge in [-0.15, -0.1) is 0 Å². The first kappa shape index (κ1) is 77.5. The standard InChI is InChI=1S/C70H128NO8P/c1-6-8-10-12-14-16-18-20-22-24-25-26-27-28-29-30-31-32-33-34-35-36-37-38-39-40-41-42-43-44-45-47-49-51-53-55-57-59-61-63-70(73)79-68(67-78-80(74,75)77-65-64-71(3,4)5)66-76-69(72)62-60-58-56-54-52-50-48-46-23-21-19-17-15-13-11-9-7-2/h9,11,15,17-18,20-21,23-25,27-28,68H,6-8,10,12-14,16,19,22,26,29-67H2,1-5H3/p+1/b11-9-,17-15-,20-18-,23-21-,25-24-,28-27-. The highest BCUT2D eigenvalue weighted by Crippen LogP contribution is 2.43. The van der Waals surface area contributed by atoms with Gasteiger partial charge in [0, 0.05) is 12.8 Å². The van der Waals surface area contributed by atoms with Crippen LogP contribution in [-0.2, 0) is 32.7 Å². The Balaban J connectivity index is 3.93. The number of rotatable bonds is 62. The molecule has 0 saturated heterocycles. The number of unbranched alkanes of at least 4 members (excludes halogenated alkanes) is 36. The molecule has 0 aliphatic rings. The summed E-state index contributed by atoms with van der Waals surface area (Å²) in [7, 11) is 1.48. The van der Waals surface area contributed by atoms with Gasteiger partial charge in [-0.2, -0.15) is 0 Å². The van der Waals surface area contributed by atoms with Crippen molar-refractivity contribution in [3.05, 3.63) is 72.9 Å². The molecule has 0 aromatic rings. The van der Waals surface area contributed by atoms with E-state index in [1.54, 1.807) is 0 Å². The van der Waals surface area contributed by atoms with Crippen LogP contribution >= 0.6 is 7.82 Å². The summed E-state index contributed by atoms with van der Waals surface area (Å²) in [6, 6.07) is 0. The zero-order valence-electron chi connectivity index (χ0n) is 53.1. The van der Waals surface area contributed by atoms with Crippen LogP contribution in [0.25, 0.3) is 0 Å². The summed E-state index contributed by atoms with van der Waals surface area (Å²) < 4.78 is 34.6. The van der Waals surface area contributed by atoms with E-state index in [-0.39, 0.29) is 32.0 Å². The minimum absolute atomic E-state index is 0.0294. The number of phosphoric ester groups is 1. The molecule has 0 aromatic carbocycles. The summed E-state index contributed by atoms with van der Waals surface area (Å²) in [6.07, 6.45) is 81.6. The molecule has 0 aliphatic heterocycles. The number of carbonyl (C=O) groups is 2. The van der Waals surface area contributed by atoms with Crippen molar-refractivity contribution in [3.8, 4) is 0 Å². The molecule has 2 atom stereocenters. The number of hydrogen-bond donors (Lipinski definition) is 1. The molecular weight excluding hydrogens is 1010 g/mol. The first-order chi connectivity index (χ1) is 39.0. The van der Waals surface area contributed by atoms with Crippen LogP contribution in [0.4, 0.5) is 0 Å². The van der Waals surface area contributed by atoms with Gasteiger partial charge in [-0.1, -0.05) is 286 Å². The zero-order valence-corrected chi connectivity index (χ0v) is 54.0. The molecule has 0 spiro atoms. The summed E-state index contributed by atoms with van der Waals surface area (Å²) in [5.74, 6) is -0.799. The Morgan fingerprint density at radius 2 is 0.713 bits per heavy atom. The Hall–Kier alpha value is -2.55. The topological polar surface area (TPSA) is 108 Å². The van der Waals surface area contributed by atoms with Crippen molar-refractivity contribution in [2.75, 3.05) is 47.5 Å².